The molecule has 0 saturated carbocycles. The molecule has 0 bridgehead atoms. The first-order chi connectivity index (χ1) is 10.2. The topological polar surface area (TPSA) is 38.3 Å². The third-order valence-electron chi connectivity index (χ3n) is 4.37. The maximum atomic E-state index is 11.0. The molecule has 1 aliphatic rings. The van der Waals surface area contributed by atoms with Crippen molar-refractivity contribution >= 4 is 16.7 Å². The SMILES string of the molecule is COc1cc2c3c(cccc3c1)CCC2CCNC(C)=O. The fourth-order valence-corrected chi connectivity index (χ4v) is 3.37. The molecule has 0 aliphatic heterocycles. The number of hydrogen-bond donors (Lipinski definition) is 1. The predicted molar refractivity (Wildman–Crippen MR) is 84.9 cm³/mol. The molecule has 3 rings (SSSR count). The summed E-state index contributed by atoms with van der Waals surface area (Å²) in [6, 6.07) is 10.8. The van der Waals surface area contributed by atoms with Gasteiger partial charge >= 0.3 is 0 Å². The first-order valence-corrected chi connectivity index (χ1v) is 7.53. The molecule has 1 atom stereocenters. The molecule has 0 spiro atoms. The Morgan fingerprint density at radius 3 is 3.00 bits per heavy atom. The summed E-state index contributed by atoms with van der Waals surface area (Å²) in [5, 5.41) is 5.55. The highest BCUT2D eigenvalue weighted by atomic mass is 16.5. The first-order valence-electron chi connectivity index (χ1n) is 7.53. The molecule has 3 heteroatoms. The van der Waals surface area contributed by atoms with Gasteiger partial charge in [0.25, 0.3) is 0 Å². The molecular weight excluding hydrogens is 262 g/mol. The summed E-state index contributed by atoms with van der Waals surface area (Å²) in [6.07, 6.45) is 3.23. The normalized spacial score (nSPS) is 16.8. The van der Waals surface area contributed by atoms with E-state index in [2.05, 4.69) is 35.6 Å². The average Bonchev–Trinajstić information content (AvgIpc) is 2.49. The van der Waals surface area contributed by atoms with Gasteiger partial charge in [-0.05, 0) is 59.2 Å². The van der Waals surface area contributed by atoms with Gasteiger partial charge in [-0.15, -0.1) is 0 Å². The summed E-state index contributed by atoms with van der Waals surface area (Å²) in [7, 11) is 1.72. The minimum atomic E-state index is 0.0435. The standard InChI is InChI=1S/C18H21NO2/c1-12(20)19-9-8-13-6-7-14-4-3-5-15-10-16(21-2)11-17(13)18(14)15/h3-5,10-11,13H,6-9H2,1-2H3,(H,19,20). The van der Waals surface area contributed by atoms with Gasteiger partial charge in [-0.25, -0.2) is 0 Å². The van der Waals surface area contributed by atoms with E-state index in [4.69, 9.17) is 4.74 Å². The van der Waals surface area contributed by atoms with Crippen LogP contribution in [0.25, 0.3) is 10.8 Å². The number of methoxy groups -OCH3 is 1. The second kappa shape index (κ2) is 5.76. The van der Waals surface area contributed by atoms with Gasteiger partial charge in [-0.1, -0.05) is 18.2 Å². The van der Waals surface area contributed by atoms with Gasteiger partial charge in [0.1, 0.15) is 5.75 Å². The summed E-state index contributed by atoms with van der Waals surface area (Å²) in [6.45, 7) is 2.31. The molecule has 0 heterocycles. The van der Waals surface area contributed by atoms with E-state index in [0.29, 0.717) is 5.92 Å². The van der Waals surface area contributed by atoms with Crippen molar-refractivity contribution < 1.29 is 9.53 Å². The number of rotatable bonds is 4. The number of benzene rings is 2. The van der Waals surface area contributed by atoms with Crippen LogP contribution in [0.4, 0.5) is 0 Å². The lowest BCUT2D eigenvalue weighted by atomic mass is 9.79. The fourth-order valence-electron chi connectivity index (χ4n) is 3.37. The van der Waals surface area contributed by atoms with E-state index in [0.717, 1.165) is 31.6 Å². The van der Waals surface area contributed by atoms with E-state index in [-0.39, 0.29) is 5.91 Å². The fraction of sp³-hybridized carbons (Fsp3) is 0.389. The number of amides is 1. The van der Waals surface area contributed by atoms with Gasteiger partial charge in [0, 0.05) is 13.5 Å². The molecule has 3 nitrogen and oxygen atoms in total. The van der Waals surface area contributed by atoms with Crippen LogP contribution in [0.3, 0.4) is 0 Å². The van der Waals surface area contributed by atoms with Gasteiger partial charge < -0.3 is 10.1 Å². The minimum absolute atomic E-state index is 0.0435. The number of hydrogen-bond acceptors (Lipinski definition) is 2. The third-order valence-corrected chi connectivity index (χ3v) is 4.37. The van der Waals surface area contributed by atoms with Crippen molar-refractivity contribution in [3.05, 3.63) is 41.5 Å². The summed E-state index contributed by atoms with van der Waals surface area (Å²) < 4.78 is 5.45. The van der Waals surface area contributed by atoms with Crippen molar-refractivity contribution in [2.24, 2.45) is 0 Å². The van der Waals surface area contributed by atoms with Crippen molar-refractivity contribution in [2.45, 2.75) is 32.1 Å². The molecule has 2 aromatic carbocycles. The van der Waals surface area contributed by atoms with Gasteiger partial charge in [0.05, 0.1) is 7.11 Å². The third kappa shape index (κ3) is 2.73. The monoisotopic (exact) mass is 283 g/mol. The molecule has 2 aromatic rings. The van der Waals surface area contributed by atoms with Gasteiger partial charge in [0.15, 0.2) is 0 Å². The Kier molecular flexibility index (Phi) is 3.82. The van der Waals surface area contributed by atoms with Crippen LogP contribution in [-0.4, -0.2) is 19.6 Å². The summed E-state index contributed by atoms with van der Waals surface area (Å²) in [5.74, 6) is 1.45. The van der Waals surface area contributed by atoms with Gasteiger partial charge in [-0.2, -0.15) is 0 Å². The summed E-state index contributed by atoms with van der Waals surface area (Å²) in [5.41, 5.74) is 2.80. The lowest BCUT2D eigenvalue weighted by Gasteiger charge is -2.26. The maximum absolute atomic E-state index is 11.0. The highest BCUT2D eigenvalue weighted by molar-refractivity contribution is 5.91. The molecule has 1 N–H and O–H groups in total. The molecule has 110 valence electrons. The Morgan fingerprint density at radius 2 is 2.24 bits per heavy atom. The number of carbonyl (C=O) groups is 1. The largest absolute Gasteiger partial charge is 0.497 e. The number of carbonyl (C=O) groups excluding carboxylic acids is 1. The smallest absolute Gasteiger partial charge is 0.216 e. The zero-order valence-corrected chi connectivity index (χ0v) is 12.6. The van der Waals surface area contributed by atoms with Crippen LogP contribution in [-0.2, 0) is 11.2 Å². The van der Waals surface area contributed by atoms with E-state index >= 15 is 0 Å². The van der Waals surface area contributed by atoms with Crippen LogP contribution in [0.5, 0.6) is 5.75 Å². The molecule has 21 heavy (non-hydrogen) atoms. The lowest BCUT2D eigenvalue weighted by Crippen LogP contribution is -2.23. The quantitative estimate of drug-likeness (QED) is 0.934. The Labute approximate surface area is 125 Å². The zero-order valence-electron chi connectivity index (χ0n) is 12.6. The van der Waals surface area contributed by atoms with Gasteiger partial charge in [0.2, 0.25) is 5.91 Å². The summed E-state index contributed by atoms with van der Waals surface area (Å²) >= 11 is 0. The van der Waals surface area contributed by atoms with Crippen LogP contribution >= 0.6 is 0 Å². The van der Waals surface area contributed by atoms with Crippen molar-refractivity contribution in [1.29, 1.82) is 0 Å². The van der Waals surface area contributed by atoms with Crippen LogP contribution in [0.1, 0.15) is 36.8 Å². The number of ether oxygens (including phenoxy) is 1. The van der Waals surface area contributed by atoms with Crippen molar-refractivity contribution in [1.82, 2.24) is 5.32 Å². The minimum Gasteiger partial charge on any atom is -0.497 e. The average molecular weight is 283 g/mol. The molecule has 1 aliphatic carbocycles. The number of aryl methyl sites for hydroxylation is 1. The zero-order chi connectivity index (χ0) is 14.8. The van der Waals surface area contributed by atoms with Gasteiger partial charge in [-0.3, -0.25) is 4.79 Å². The second-order valence-corrected chi connectivity index (χ2v) is 5.74. The van der Waals surface area contributed by atoms with Crippen LogP contribution in [0, 0.1) is 0 Å². The molecule has 0 saturated heterocycles. The highest BCUT2D eigenvalue weighted by Gasteiger charge is 2.22. The second-order valence-electron chi connectivity index (χ2n) is 5.74. The van der Waals surface area contributed by atoms with E-state index in [9.17, 15) is 4.79 Å². The highest BCUT2D eigenvalue weighted by Crippen LogP contribution is 2.40. The lowest BCUT2D eigenvalue weighted by molar-refractivity contribution is -0.118. The van der Waals surface area contributed by atoms with Crippen LogP contribution in [0.15, 0.2) is 30.3 Å². The molecule has 0 radical (unpaired) electrons. The van der Waals surface area contributed by atoms with E-state index in [1.807, 2.05) is 0 Å². The first kappa shape index (κ1) is 13.9. The Balaban J connectivity index is 1.98. The Hall–Kier alpha value is -2.03. The van der Waals surface area contributed by atoms with Crippen molar-refractivity contribution in [2.75, 3.05) is 13.7 Å². The number of nitrogens with one attached hydrogen (secondary N) is 1. The van der Waals surface area contributed by atoms with Crippen molar-refractivity contribution in [3.8, 4) is 5.75 Å². The molecule has 0 fully saturated rings. The molecule has 1 unspecified atom stereocenters. The Bertz CT molecular complexity index is 678. The molecular formula is C18H21NO2. The van der Waals surface area contributed by atoms with E-state index in [1.54, 1.807) is 14.0 Å². The summed E-state index contributed by atoms with van der Waals surface area (Å²) in [4.78, 5) is 11.0. The Morgan fingerprint density at radius 1 is 1.38 bits per heavy atom. The predicted octanol–water partition coefficient (Wildman–Crippen LogP) is 3.40. The van der Waals surface area contributed by atoms with Crippen LogP contribution in [0.2, 0.25) is 0 Å². The molecule has 0 aromatic heterocycles. The van der Waals surface area contributed by atoms with E-state index in [1.165, 1.54) is 21.9 Å². The van der Waals surface area contributed by atoms with Crippen LogP contribution < -0.4 is 10.1 Å². The van der Waals surface area contributed by atoms with E-state index < -0.39 is 0 Å². The molecule has 1 amide bonds. The van der Waals surface area contributed by atoms with Crippen molar-refractivity contribution in [3.63, 3.8) is 0 Å². The maximum Gasteiger partial charge on any atom is 0.216 e.